The van der Waals surface area contributed by atoms with Crippen LogP contribution in [0, 0.1) is 5.92 Å². The molecule has 18 heavy (non-hydrogen) atoms. The summed E-state index contributed by atoms with van der Waals surface area (Å²) in [5.74, 6) is 5.87. The Hall–Kier alpha value is -1.59. The maximum Gasteiger partial charge on any atom is 0.265 e. The summed E-state index contributed by atoms with van der Waals surface area (Å²) in [5.41, 5.74) is 2.55. The van der Waals surface area contributed by atoms with Crippen LogP contribution in [0.4, 0.5) is 0 Å². The highest BCUT2D eigenvalue weighted by Crippen LogP contribution is 2.13. The first-order chi connectivity index (χ1) is 8.63. The third kappa shape index (κ3) is 5.16. The van der Waals surface area contributed by atoms with Crippen LogP contribution < -0.4 is 16.0 Å². The van der Waals surface area contributed by atoms with E-state index in [9.17, 15) is 4.79 Å². The summed E-state index contributed by atoms with van der Waals surface area (Å²) in [7, 11) is 0. The number of nitrogen functional groups attached to an aromatic ring is 1. The third-order valence-electron chi connectivity index (χ3n) is 2.17. The Balaban J connectivity index is 2.36. The summed E-state index contributed by atoms with van der Waals surface area (Å²) >= 11 is 0. The van der Waals surface area contributed by atoms with Gasteiger partial charge in [-0.2, -0.15) is 0 Å². The van der Waals surface area contributed by atoms with Crippen LogP contribution in [0.2, 0.25) is 0 Å². The van der Waals surface area contributed by atoms with Crippen molar-refractivity contribution >= 4 is 5.91 Å². The average molecular weight is 252 g/mol. The van der Waals surface area contributed by atoms with E-state index in [1.54, 1.807) is 24.3 Å². The van der Waals surface area contributed by atoms with Crippen molar-refractivity contribution in [2.24, 2.45) is 11.8 Å². The molecule has 0 unspecified atom stereocenters. The molecule has 3 N–H and O–H groups in total. The van der Waals surface area contributed by atoms with E-state index in [4.69, 9.17) is 15.3 Å². The van der Waals surface area contributed by atoms with Gasteiger partial charge in [0.2, 0.25) is 0 Å². The number of ether oxygens (including phenoxy) is 2. The molecule has 1 aromatic rings. The van der Waals surface area contributed by atoms with Gasteiger partial charge in [0.05, 0.1) is 6.61 Å². The molecule has 0 saturated heterocycles. The van der Waals surface area contributed by atoms with Crippen LogP contribution in [-0.4, -0.2) is 25.7 Å². The minimum Gasteiger partial charge on any atom is -0.491 e. The van der Waals surface area contributed by atoms with Gasteiger partial charge in [-0.3, -0.25) is 10.2 Å². The first-order valence-electron chi connectivity index (χ1n) is 5.95. The van der Waals surface area contributed by atoms with Gasteiger partial charge in [0.15, 0.2) is 0 Å². The predicted molar refractivity (Wildman–Crippen MR) is 69.2 cm³/mol. The van der Waals surface area contributed by atoms with E-state index in [0.717, 1.165) is 6.61 Å². The van der Waals surface area contributed by atoms with Crippen LogP contribution >= 0.6 is 0 Å². The Morgan fingerprint density at radius 1 is 1.39 bits per heavy atom. The number of benzene rings is 1. The molecule has 0 aliphatic heterocycles. The molecule has 0 aromatic heterocycles. The molecule has 5 heteroatoms. The van der Waals surface area contributed by atoms with Gasteiger partial charge < -0.3 is 9.47 Å². The molecule has 0 heterocycles. The monoisotopic (exact) mass is 252 g/mol. The number of carbonyl (C=O) groups excluding carboxylic acids is 1. The Kier molecular flexibility index (Phi) is 6.18. The zero-order valence-corrected chi connectivity index (χ0v) is 10.8. The fourth-order valence-electron chi connectivity index (χ4n) is 1.35. The van der Waals surface area contributed by atoms with Crippen LogP contribution in [0.1, 0.15) is 24.2 Å². The van der Waals surface area contributed by atoms with Crippen LogP contribution in [0.3, 0.4) is 0 Å². The van der Waals surface area contributed by atoms with Crippen LogP contribution in [0.5, 0.6) is 5.75 Å². The highest BCUT2D eigenvalue weighted by atomic mass is 16.5. The van der Waals surface area contributed by atoms with Crippen LogP contribution in [0.15, 0.2) is 24.3 Å². The Morgan fingerprint density at radius 3 is 2.83 bits per heavy atom. The van der Waals surface area contributed by atoms with E-state index in [-0.39, 0.29) is 5.91 Å². The average Bonchev–Trinajstić information content (AvgIpc) is 2.37. The number of hydrogen-bond donors (Lipinski definition) is 2. The van der Waals surface area contributed by atoms with Gasteiger partial charge in [-0.1, -0.05) is 19.9 Å². The van der Waals surface area contributed by atoms with Crippen molar-refractivity contribution in [1.29, 1.82) is 0 Å². The number of hydrazine groups is 1. The molecule has 5 nitrogen and oxygen atoms in total. The lowest BCUT2D eigenvalue weighted by atomic mass is 10.2. The molecule has 0 atom stereocenters. The lowest BCUT2D eigenvalue weighted by Gasteiger charge is -2.09. The van der Waals surface area contributed by atoms with Gasteiger partial charge in [0, 0.05) is 12.2 Å². The molecule has 100 valence electrons. The van der Waals surface area contributed by atoms with E-state index < -0.39 is 0 Å². The topological polar surface area (TPSA) is 73.6 Å². The van der Waals surface area contributed by atoms with Gasteiger partial charge in [-0.05, 0) is 24.1 Å². The molecule has 1 rings (SSSR count). The number of amides is 1. The Morgan fingerprint density at radius 2 is 2.17 bits per heavy atom. The number of hydrogen-bond acceptors (Lipinski definition) is 4. The number of rotatable bonds is 7. The largest absolute Gasteiger partial charge is 0.491 e. The van der Waals surface area contributed by atoms with Crippen molar-refractivity contribution in [2.45, 2.75) is 13.8 Å². The standard InChI is InChI=1S/C13H20N2O3/c1-10(2)9-17-6-7-18-12-5-3-4-11(8-12)13(16)15-14/h3-5,8,10H,6-7,9,14H2,1-2H3,(H,15,16). The smallest absolute Gasteiger partial charge is 0.265 e. The second-order valence-corrected chi connectivity index (χ2v) is 4.32. The zero-order chi connectivity index (χ0) is 13.4. The summed E-state index contributed by atoms with van der Waals surface area (Å²) in [6.45, 7) is 5.90. The molecule has 0 aliphatic rings. The second-order valence-electron chi connectivity index (χ2n) is 4.32. The van der Waals surface area contributed by atoms with Crippen molar-refractivity contribution in [2.75, 3.05) is 19.8 Å². The Labute approximate surface area is 107 Å². The number of carbonyl (C=O) groups is 1. The van der Waals surface area contributed by atoms with Gasteiger partial charge in [0.1, 0.15) is 12.4 Å². The minimum absolute atomic E-state index is 0.337. The molecule has 0 aliphatic carbocycles. The van der Waals surface area contributed by atoms with Gasteiger partial charge in [0.25, 0.3) is 5.91 Å². The number of nitrogens with one attached hydrogen (secondary N) is 1. The lowest BCUT2D eigenvalue weighted by molar-refractivity contribution is 0.0818. The van der Waals surface area contributed by atoms with E-state index >= 15 is 0 Å². The van der Waals surface area contributed by atoms with E-state index in [1.807, 2.05) is 0 Å². The SMILES string of the molecule is CC(C)COCCOc1cccc(C(=O)NN)c1. The van der Waals surface area contributed by atoms with Gasteiger partial charge in [-0.15, -0.1) is 0 Å². The highest BCUT2D eigenvalue weighted by Gasteiger charge is 2.04. The second kappa shape index (κ2) is 7.68. The van der Waals surface area contributed by atoms with Crippen molar-refractivity contribution in [3.63, 3.8) is 0 Å². The minimum atomic E-state index is -0.337. The summed E-state index contributed by atoms with van der Waals surface area (Å²) in [6, 6.07) is 6.85. The van der Waals surface area contributed by atoms with E-state index in [2.05, 4.69) is 19.3 Å². The maximum atomic E-state index is 11.3. The molecule has 0 saturated carbocycles. The zero-order valence-electron chi connectivity index (χ0n) is 10.8. The highest BCUT2D eigenvalue weighted by molar-refractivity contribution is 5.94. The van der Waals surface area contributed by atoms with Crippen LogP contribution in [0.25, 0.3) is 0 Å². The quantitative estimate of drug-likeness (QED) is 0.332. The maximum absolute atomic E-state index is 11.3. The molecular formula is C13H20N2O3. The molecule has 0 spiro atoms. The van der Waals surface area contributed by atoms with Gasteiger partial charge in [-0.25, -0.2) is 5.84 Å². The normalized spacial score (nSPS) is 10.4. The Bertz CT molecular complexity index is 380. The van der Waals surface area contributed by atoms with E-state index in [0.29, 0.717) is 30.4 Å². The number of nitrogens with two attached hydrogens (primary N) is 1. The first kappa shape index (κ1) is 14.5. The summed E-state index contributed by atoms with van der Waals surface area (Å²) < 4.78 is 10.9. The molecule has 0 bridgehead atoms. The predicted octanol–water partition coefficient (Wildman–Crippen LogP) is 1.34. The molecule has 1 amide bonds. The summed E-state index contributed by atoms with van der Waals surface area (Å²) in [6.07, 6.45) is 0. The lowest BCUT2D eigenvalue weighted by Crippen LogP contribution is -2.29. The summed E-state index contributed by atoms with van der Waals surface area (Å²) in [4.78, 5) is 11.3. The van der Waals surface area contributed by atoms with Crippen molar-refractivity contribution in [3.8, 4) is 5.75 Å². The molecule has 1 aromatic carbocycles. The molecular weight excluding hydrogens is 232 g/mol. The first-order valence-corrected chi connectivity index (χ1v) is 5.95. The molecule has 0 fully saturated rings. The third-order valence-corrected chi connectivity index (χ3v) is 2.17. The van der Waals surface area contributed by atoms with Gasteiger partial charge >= 0.3 is 0 Å². The van der Waals surface area contributed by atoms with Crippen molar-refractivity contribution in [1.82, 2.24) is 5.43 Å². The fraction of sp³-hybridized carbons (Fsp3) is 0.462. The van der Waals surface area contributed by atoms with Crippen molar-refractivity contribution < 1.29 is 14.3 Å². The molecule has 0 radical (unpaired) electrons. The van der Waals surface area contributed by atoms with Crippen molar-refractivity contribution in [3.05, 3.63) is 29.8 Å². The van der Waals surface area contributed by atoms with E-state index in [1.165, 1.54) is 0 Å². The fourth-order valence-corrected chi connectivity index (χ4v) is 1.35. The van der Waals surface area contributed by atoms with Crippen LogP contribution in [-0.2, 0) is 4.74 Å². The summed E-state index contributed by atoms with van der Waals surface area (Å²) in [5, 5.41) is 0.